The molecule has 0 radical (unpaired) electrons. The van der Waals surface area contributed by atoms with E-state index in [0.717, 1.165) is 11.8 Å². The van der Waals surface area contributed by atoms with E-state index in [4.69, 9.17) is 0 Å². The monoisotopic (exact) mass is 228 g/mol. The molecule has 4 N–H and O–H groups in total. The van der Waals surface area contributed by atoms with Crippen LogP contribution in [0.4, 0.5) is 0 Å². The van der Waals surface area contributed by atoms with E-state index < -0.39 is 0 Å². The minimum atomic E-state index is 0. The molecule has 0 aromatic heterocycles. The Balaban J connectivity index is 0.00000128. The van der Waals surface area contributed by atoms with E-state index in [0.29, 0.717) is 0 Å². The first-order valence-corrected chi connectivity index (χ1v) is 6.86. The lowest BCUT2D eigenvalue weighted by molar-refractivity contribution is 0.304. The smallest absolute Gasteiger partial charge is 0.00463 e. The number of piperidine rings is 2. The molecule has 2 saturated heterocycles. The van der Waals surface area contributed by atoms with Crippen molar-refractivity contribution in [3.63, 3.8) is 0 Å². The van der Waals surface area contributed by atoms with Crippen molar-refractivity contribution in [3.05, 3.63) is 0 Å². The van der Waals surface area contributed by atoms with Crippen molar-refractivity contribution < 1.29 is 5.48 Å². The van der Waals surface area contributed by atoms with Crippen LogP contribution in [0.3, 0.4) is 0 Å². The third-order valence-electron chi connectivity index (χ3n) is 4.14. The highest BCUT2D eigenvalue weighted by atomic mass is 16.0. The lowest BCUT2D eigenvalue weighted by atomic mass is 9.87. The molecule has 16 heavy (non-hydrogen) atoms. The first-order chi connectivity index (χ1) is 7.45. The van der Waals surface area contributed by atoms with Crippen molar-refractivity contribution in [1.29, 1.82) is 0 Å². The van der Waals surface area contributed by atoms with Gasteiger partial charge in [-0.2, -0.15) is 0 Å². The summed E-state index contributed by atoms with van der Waals surface area (Å²) < 4.78 is 0. The van der Waals surface area contributed by atoms with Crippen molar-refractivity contribution in [2.24, 2.45) is 11.8 Å². The summed E-state index contributed by atoms with van der Waals surface area (Å²) in [6.45, 7) is 5.05. The summed E-state index contributed by atoms with van der Waals surface area (Å²) in [6, 6.07) is 0. The summed E-state index contributed by atoms with van der Waals surface area (Å²) >= 11 is 0. The van der Waals surface area contributed by atoms with Gasteiger partial charge in [0.15, 0.2) is 0 Å². The normalized spacial score (nSPS) is 24.0. The van der Waals surface area contributed by atoms with Crippen molar-refractivity contribution >= 4 is 0 Å². The van der Waals surface area contributed by atoms with Crippen LogP contribution in [0.25, 0.3) is 0 Å². The van der Waals surface area contributed by atoms with Gasteiger partial charge in [-0.15, -0.1) is 0 Å². The standard InChI is InChI=1S/C13H26N2.H2O/c1(2-12-4-8-14-9-5-12)3-13-6-10-15-11-7-13;/h12-15H,1-11H2;1H2. The highest BCUT2D eigenvalue weighted by molar-refractivity contribution is 4.71. The van der Waals surface area contributed by atoms with Gasteiger partial charge in [-0.3, -0.25) is 0 Å². The van der Waals surface area contributed by atoms with E-state index in [1.54, 1.807) is 0 Å². The van der Waals surface area contributed by atoms with Crippen molar-refractivity contribution in [1.82, 2.24) is 10.6 Å². The molecule has 0 spiro atoms. The molecule has 0 aromatic rings. The highest BCUT2D eigenvalue weighted by Crippen LogP contribution is 2.23. The van der Waals surface area contributed by atoms with E-state index in [9.17, 15) is 0 Å². The van der Waals surface area contributed by atoms with Crippen LogP contribution in [0.15, 0.2) is 0 Å². The second-order valence-corrected chi connectivity index (χ2v) is 5.32. The quantitative estimate of drug-likeness (QED) is 0.763. The van der Waals surface area contributed by atoms with Crippen LogP contribution in [-0.4, -0.2) is 31.7 Å². The Morgan fingerprint density at radius 1 is 0.688 bits per heavy atom. The molecule has 2 fully saturated rings. The summed E-state index contributed by atoms with van der Waals surface area (Å²) in [5.74, 6) is 2.07. The van der Waals surface area contributed by atoms with E-state index in [1.807, 2.05) is 0 Å². The maximum absolute atomic E-state index is 3.45. The fourth-order valence-electron chi connectivity index (χ4n) is 3.04. The fourth-order valence-corrected chi connectivity index (χ4v) is 3.04. The van der Waals surface area contributed by atoms with Gasteiger partial charge in [0.1, 0.15) is 0 Å². The summed E-state index contributed by atoms with van der Waals surface area (Å²) in [4.78, 5) is 0. The zero-order valence-corrected chi connectivity index (χ0v) is 10.4. The molecule has 0 unspecified atom stereocenters. The summed E-state index contributed by atoms with van der Waals surface area (Å²) in [5, 5.41) is 6.89. The van der Waals surface area contributed by atoms with Gasteiger partial charge in [-0.05, 0) is 63.7 Å². The van der Waals surface area contributed by atoms with Gasteiger partial charge in [0.05, 0.1) is 0 Å². The van der Waals surface area contributed by atoms with Crippen LogP contribution in [-0.2, 0) is 0 Å². The van der Waals surface area contributed by atoms with Crippen molar-refractivity contribution in [2.45, 2.75) is 44.9 Å². The predicted octanol–water partition coefficient (Wildman–Crippen LogP) is 1.33. The van der Waals surface area contributed by atoms with Gasteiger partial charge in [-0.25, -0.2) is 0 Å². The molecular formula is C13H28N2O. The zero-order valence-electron chi connectivity index (χ0n) is 10.4. The minimum absolute atomic E-state index is 0. The summed E-state index contributed by atoms with van der Waals surface area (Å²) in [7, 11) is 0. The first kappa shape index (κ1) is 13.9. The van der Waals surface area contributed by atoms with E-state index in [-0.39, 0.29) is 5.48 Å². The highest BCUT2D eigenvalue weighted by Gasteiger charge is 2.15. The molecule has 3 heteroatoms. The van der Waals surface area contributed by atoms with Crippen LogP contribution in [0.5, 0.6) is 0 Å². The minimum Gasteiger partial charge on any atom is -0.412 e. The van der Waals surface area contributed by atoms with Crippen molar-refractivity contribution in [2.75, 3.05) is 26.2 Å². The van der Waals surface area contributed by atoms with Crippen LogP contribution in [0.1, 0.15) is 44.9 Å². The Labute approximate surface area is 99.7 Å². The largest absolute Gasteiger partial charge is 0.412 e. The maximum atomic E-state index is 3.45. The third-order valence-corrected chi connectivity index (χ3v) is 4.14. The van der Waals surface area contributed by atoms with Gasteiger partial charge in [-0.1, -0.05) is 19.3 Å². The predicted molar refractivity (Wildman–Crippen MR) is 68.7 cm³/mol. The zero-order chi connectivity index (χ0) is 10.3. The third kappa shape index (κ3) is 4.81. The fraction of sp³-hybridized carbons (Fsp3) is 1.00. The average molecular weight is 228 g/mol. The Hall–Kier alpha value is -0.120. The van der Waals surface area contributed by atoms with Crippen LogP contribution in [0, 0.1) is 11.8 Å². The molecule has 2 aliphatic rings. The van der Waals surface area contributed by atoms with Gasteiger partial charge < -0.3 is 16.1 Å². The Kier molecular flexibility index (Phi) is 7.01. The molecule has 0 amide bonds. The van der Waals surface area contributed by atoms with Gasteiger partial charge in [0, 0.05) is 0 Å². The molecule has 2 aliphatic heterocycles. The van der Waals surface area contributed by atoms with Gasteiger partial charge in [0.2, 0.25) is 0 Å². The van der Waals surface area contributed by atoms with Gasteiger partial charge >= 0.3 is 0 Å². The van der Waals surface area contributed by atoms with E-state index >= 15 is 0 Å². The Bertz CT molecular complexity index is 145. The van der Waals surface area contributed by atoms with Crippen molar-refractivity contribution in [3.8, 4) is 0 Å². The van der Waals surface area contributed by atoms with Crippen LogP contribution < -0.4 is 10.6 Å². The lowest BCUT2D eigenvalue weighted by Crippen LogP contribution is -2.29. The topological polar surface area (TPSA) is 55.6 Å². The SMILES string of the molecule is C(CC1CCNCC1)CC1CCNCC1.O. The molecule has 2 rings (SSSR count). The summed E-state index contributed by atoms with van der Waals surface area (Å²) in [6.07, 6.45) is 10.2. The number of rotatable bonds is 4. The summed E-state index contributed by atoms with van der Waals surface area (Å²) in [5.41, 5.74) is 0. The van der Waals surface area contributed by atoms with Crippen LogP contribution >= 0.6 is 0 Å². The maximum Gasteiger partial charge on any atom is -0.00463 e. The molecule has 0 atom stereocenters. The Morgan fingerprint density at radius 2 is 1.06 bits per heavy atom. The number of hydrogen-bond donors (Lipinski definition) is 2. The Morgan fingerprint density at radius 3 is 1.44 bits per heavy atom. The van der Waals surface area contributed by atoms with E-state index in [1.165, 1.54) is 71.1 Å². The number of hydrogen-bond acceptors (Lipinski definition) is 2. The van der Waals surface area contributed by atoms with Crippen LogP contribution in [0.2, 0.25) is 0 Å². The molecule has 3 nitrogen and oxygen atoms in total. The molecule has 2 heterocycles. The molecule has 0 aromatic carbocycles. The molecule has 0 bridgehead atoms. The first-order valence-electron chi connectivity index (χ1n) is 6.86. The molecule has 96 valence electrons. The second-order valence-electron chi connectivity index (χ2n) is 5.32. The van der Waals surface area contributed by atoms with E-state index in [2.05, 4.69) is 10.6 Å². The number of nitrogens with one attached hydrogen (secondary N) is 2. The average Bonchev–Trinajstić information content (AvgIpc) is 2.32. The van der Waals surface area contributed by atoms with Gasteiger partial charge in [0.25, 0.3) is 0 Å². The molecule has 0 saturated carbocycles. The molecule has 0 aliphatic carbocycles. The second kappa shape index (κ2) is 8.04. The lowest BCUT2D eigenvalue weighted by Gasteiger charge is -2.25. The molecular weight excluding hydrogens is 200 g/mol.